The lowest BCUT2D eigenvalue weighted by molar-refractivity contribution is 0.291. The van der Waals surface area contributed by atoms with Crippen molar-refractivity contribution in [1.29, 1.82) is 0 Å². The number of benzene rings is 2. The van der Waals surface area contributed by atoms with Gasteiger partial charge in [0, 0.05) is 13.2 Å². The predicted octanol–water partition coefficient (Wildman–Crippen LogP) is 2.68. The molecule has 1 N–H and O–H groups in total. The Kier molecular flexibility index (Phi) is 5.27. The largest absolute Gasteiger partial charge is 0.396 e. The average Bonchev–Trinajstić information content (AvgIpc) is 2.53. The Balaban J connectivity index is 2.55. The van der Waals surface area contributed by atoms with Crippen LogP contribution in [0.4, 0.5) is 18.9 Å². The van der Waals surface area contributed by atoms with Gasteiger partial charge in [-0.2, -0.15) is 0 Å². The summed E-state index contributed by atoms with van der Waals surface area (Å²) < 4.78 is 66.4. The third-order valence-electron chi connectivity index (χ3n) is 3.13. The van der Waals surface area contributed by atoms with E-state index in [9.17, 15) is 21.6 Å². The van der Waals surface area contributed by atoms with Crippen molar-refractivity contribution in [3.05, 3.63) is 59.9 Å². The average molecular weight is 345 g/mol. The highest BCUT2D eigenvalue weighted by Crippen LogP contribution is 2.27. The highest BCUT2D eigenvalue weighted by Gasteiger charge is 2.30. The Morgan fingerprint density at radius 2 is 1.61 bits per heavy atom. The Hall–Kier alpha value is -2.06. The van der Waals surface area contributed by atoms with E-state index in [1.807, 2.05) is 0 Å². The van der Waals surface area contributed by atoms with Crippen LogP contribution in [0.25, 0.3) is 0 Å². The van der Waals surface area contributed by atoms with Gasteiger partial charge < -0.3 is 5.11 Å². The topological polar surface area (TPSA) is 57.6 Å². The third-order valence-corrected chi connectivity index (χ3v) is 4.98. The molecule has 2 aromatic carbocycles. The van der Waals surface area contributed by atoms with E-state index in [1.54, 1.807) is 18.2 Å². The fourth-order valence-corrected chi connectivity index (χ4v) is 3.58. The molecule has 0 unspecified atom stereocenters. The van der Waals surface area contributed by atoms with Gasteiger partial charge in [-0.25, -0.2) is 21.6 Å². The van der Waals surface area contributed by atoms with E-state index >= 15 is 0 Å². The molecule has 0 fully saturated rings. The minimum Gasteiger partial charge on any atom is -0.396 e. The molecule has 23 heavy (non-hydrogen) atoms. The van der Waals surface area contributed by atoms with E-state index in [-0.39, 0.29) is 25.3 Å². The molecule has 2 rings (SSSR count). The molecule has 0 saturated heterocycles. The lowest BCUT2D eigenvalue weighted by atomic mass is 10.3. The van der Waals surface area contributed by atoms with Gasteiger partial charge in [-0.1, -0.05) is 18.2 Å². The van der Waals surface area contributed by atoms with E-state index in [0.29, 0.717) is 12.1 Å². The molecule has 0 saturated carbocycles. The normalized spacial score (nSPS) is 11.5. The molecule has 0 aliphatic carbocycles. The van der Waals surface area contributed by atoms with Gasteiger partial charge in [0.15, 0.2) is 17.5 Å². The molecular formula is C15H14F3NO3S. The highest BCUT2D eigenvalue weighted by molar-refractivity contribution is 7.92. The lowest BCUT2D eigenvalue weighted by Gasteiger charge is -2.24. The number of aliphatic hydroxyl groups is 1. The number of hydrogen-bond acceptors (Lipinski definition) is 3. The minimum absolute atomic E-state index is 0.0966. The van der Waals surface area contributed by atoms with Crippen molar-refractivity contribution >= 4 is 15.7 Å². The molecule has 8 heteroatoms. The summed E-state index contributed by atoms with van der Waals surface area (Å²) in [5.41, 5.74) is 0.227. The third kappa shape index (κ3) is 3.48. The van der Waals surface area contributed by atoms with Crippen LogP contribution in [0.5, 0.6) is 0 Å². The monoisotopic (exact) mass is 345 g/mol. The molecule has 0 aliphatic rings. The Bertz CT molecular complexity index is 782. The van der Waals surface area contributed by atoms with Gasteiger partial charge in [0.05, 0.1) is 5.69 Å². The second kappa shape index (κ2) is 7.01. The van der Waals surface area contributed by atoms with Gasteiger partial charge in [0.1, 0.15) is 4.90 Å². The number of anilines is 1. The quantitative estimate of drug-likeness (QED) is 0.819. The van der Waals surface area contributed by atoms with Crippen LogP contribution in [0.2, 0.25) is 0 Å². The van der Waals surface area contributed by atoms with Gasteiger partial charge in [0.2, 0.25) is 0 Å². The van der Waals surface area contributed by atoms with Crippen molar-refractivity contribution in [3.63, 3.8) is 0 Å². The van der Waals surface area contributed by atoms with Crippen LogP contribution in [0.1, 0.15) is 6.42 Å². The molecule has 0 atom stereocenters. The molecule has 124 valence electrons. The number of aliphatic hydroxyl groups excluding tert-OH is 1. The highest BCUT2D eigenvalue weighted by atomic mass is 32.2. The van der Waals surface area contributed by atoms with Crippen LogP contribution >= 0.6 is 0 Å². The summed E-state index contributed by atoms with van der Waals surface area (Å²) in [6, 6.07) is 9.02. The second-order valence-corrected chi connectivity index (χ2v) is 6.49. The summed E-state index contributed by atoms with van der Waals surface area (Å²) in [4.78, 5) is -0.960. The van der Waals surface area contributed by atoms with Gasteiger partial charge in [0.25, 0.3) is 10.0 Å². The zero-order chi connectivity index (χ0) is 17.0. The van der Waals surface area contributed by atoms with Gasteiger partial charge >= 0.3 is 0 Å². The van der Waals surface area contributed by atoms with Crippen LogP contribution < -0.4 is 4.31 Å². The van der Waals surface area contributed by atoms with Crippen molar-refractivity contribution in [2.75, 3.05) is 17.5 Å². The summed E-state index contributed by atoms with van der Waals surface area (Å²) in [5.74, 6) is -5.08. The first-order valence-electron chi connectivity index (χ1n) is 6.71. The Morgan fingerprint density at radius 1 is 0.957 bits per heavy atom. The molecule has 4 nitrogen and oxygen atoms in total. The van der Waals surface area contributed by atoms with E-state index in [1.165, 1.54) is 12.1 Å². The Morgan fingerprint density at radius 3 is 2.22 bits per heavy atom. The summed E-state index contributed by atoms with van der Waals surface area (Å²) in [7, 11) is -4.46. The molecule has 0 spiro atoms. The molecule has 2 aromatic rings. The molecule has 0 aromatic heterocycles. The fraction of sp³-hybridized carbons (Fsp3) is 0.200. The van der Waals surface area contributed by atoms with Crippen molar-refractivity contribution in [3.8, 4) is 0 Å². The van der Waals surface area contributed by atoms with Crippen molar-refractivity contribution in [2.24, 2.45) is 0 Å². The first kappa shape index (κ1) is 17.3. The van der Waals surface area contributed by atoms with Gasteiger partial charge in [-0.05, 0) is 30.7 Å². The van der Waals surface area contributed by atoms with E-state index in [0.717, 1.165) is 4.31 Å². The zero-order valence-corrected chi connectivity index (χ0v) is 12.7. The maximum absolute atomic E-state index is 13.9. The van der Waals surface area contributed by atoms with Crippen LogP contribution in [0.3, 0.4) is 0 Å². The molecule has 0 amide bonds. The number of rotatable bonds is 6. The number of sulfonamides is 1. The second-order valence-electron chi connectivity index (χ2n) is 4.66. The standard InChI is InChI=1S/C15H14F3NO3S/c16-12-7-8-13(15(18)14(12)17)23(21,22)19(9-4-10-20)11-5-2-1-3-6-11/h1-3,5-8,20H,4,9-10H2. The maximum atomic E-state index is 13.9. The predicted molar refractivity (Wildman–Crippen MR) is 79.0 cm³/mol. The summed E-state index contributed by atoms with van der Waals surface area (Å²) in [5, 5.41) is 8.93. The van der Waals surface area contributed by atoms with E-state index < -0.39 is 32.4 Å². The number of nitrogens with zero attached hydrogens (tertiary/aromatic N) is 1. The van der Waals surface area contributed by atoms with Crippen molar-refractivity contribution in [2.45, 2.75) is 11.3 Å². The minimum atomic E-state index is -4.46. The summed E-state index contributed by atoms with van der Waals surface area (Å²) >= 11 is 0. The van der Waals surface area contributed by atoms with Crippen LogP contribution in [0.15, 0.2) is 47.4 Å². The van der Waals surface area contributed by atoms with Crippen LogP contribution in [0, 0.1) is 17.5 Å². The van der Waals surface area contributed by atoms with E-state index in [4.69, 9.17) is 5.11 Å². The zero-order valence-electron chi connectivity index (χ0n) is 11.9. The first-order chi connectivity index (χ1) is 10.9. The van der Waals surface area contributed by atoms with Crippen molar-refractivity contribution < 1.29 is 26.7 Å². The summed E-state index contributed by atoms with van der Waals surface area (Å²) in [6.45, 7) is -0.416. The fourth-order valence-electron chi connectivity index (χ4n) is 2.02. The number of halogens is 3. The Labute approximate surface area is 131 Å². The molecular weight excluding hydrogens is 331 g/mol. The van der Waals surface area contributed by atoms with Gasteiger partial charge in [-0.3, -0.25) is 4.31 Å². The van der Waals surface area contributed by atoms with E-state index in [2.05, 4.69) is 0 Å². The number of hydrogen-bond donors (Lipinski definition) is 1. The smallest absolute Gasteiger partial charge is 0.267 e. The maximum Gasteiger partial charge on any atom is 0.267 e. The first-order valence-corrected chi connectivity index (χ1v) is 8.15. The molecule has 0 heterocycles. The van der Waals surface area contributed by atoms with Crippen LogP contribution in [-0.2, 0) is 10.0 Å². The van der Waals surface area contributed by atoms with Crippen LogP contribution in [-0.4, -0.2) is 26.7 Å². The molecule has 0 aliphatic heterocycles. The molecule has 0 bridgehead atoms. The van der Waals surface area contributed by atoms with Crippen molar-refractivity contribution in [1.82, 2.24) is 0 Å². The molecule has 0 radical (unpaired) electrons. The SMILES string of the molecule is O=S(=O)(c1ccc(F)c(F)c1F)N(CCCO)c1ccccc1. The number of para-hydroxylation sites is 1. The van der Waals surface area contributed by atoms with Gasteiger partial charge in [-0.15, -0.1) is 0 Å². The lowest BCUT2D eigenvalue weighted by Crippen LogP contribution is -2.33. The summed E-state index contributed by atoms with van der Waals surface area (Å²) in [6.07, 6.45) is 0.0966.